The molecule has 1 fully saturated rings. The lowest BCUT2D eigenvalue weighted by Crippen LogP contribution is -2.56. The van der Waals surface area contributed by atoms with E-state index in [4.69, 9.17) is 44.3 Å². The summed E-state index contributed by atoms with van der Waals surface area (Å²) in [5.41, 5.74) is -2.30. The summed E-state index contributed by atoms with van der Waals surface area (Å²) < 4.78 is 80.8. The van der Waals surface area contributed by atoms with Gasteiger partial charge in [-0.2, -0.15) is 8.78 Å². The number of aromatic nitrogens is 1. The molecule has 1 atom stereocenters. The minimum Gasteiger partial charge on any atom is -0.459 e. The van der Waals surface area contributed by atoms with Crippen LogP contribution in [0.2, 0.25) is 15.1 Å². The summed E-state index contributed by atoms with van der Waals surface area (Å²) in [5.74, 6) is -15.7. The number of rotatable bonds is 8. The van der Waals surface area contributed by atoms with Gasteiger partial charge < -0.3 is 14.5 Å². The fourth-order valence-electron chi connectivity index (χ4n) is 4.70. The molecule has 0 saturated heterocycles. The van der Waals surface area contributed by atoms with Gasteiger partial charge >= 0.3 is 11.9 Å². The van der Waals surface area contributed by atoms with Gasteiger partial charge in [-0.3, -0.25) is 5.32 Å². The van der Waals surface area contributed by atoms with Crippen molar-refractivity contribution < 1.29 is 41.0 Å². The van der Waals surface area contributed by atoms with E-state index in [-0.39, 0.29) is 31.9 Å². The third-order valence-electron chi connectivity index (χ3n) is 6.74. The van der Waals surface area contributed by atoms with Crippen molar-refractivity contribution in [2.24, 2.45) is 0 Å². The molecule has 4 rings (SSSR count). The molecule has 1 heterocycles. The largest absolute Gasteiger partial charge is 0.459 e. The summed E-state index contributed by atoms with van der Waals surface area (Å²) in [6.07, 6.45) is 3.91. The molecule has 0 radical (unpaired) electrons. The molecule has 2 aromatic carbocycles. The summed E-state index contributed by atoms with van der Waals surface area (Å²) >= 11 is 18.9. The molecule has 6 nitrogen and oxygen atoms in total. The number of esters is 2. The molecule has 1 aromatic heterocycles. The standard InChI is InChI=1S/C29H24Cl3F5N2O4/c1-5-16(26(40)43-28(2,3)4)39-29(7-6-8-29)25-18(13(11-38-25)17-14(31)9-12(30)10-15(17)32)27(41)42-24-22(36)20(34)19(33)21(35)23(24)37/h5,9-11,16,38-39H,1,6-8H2,2-4H3. The van der Waals surface area contributed by atoms with Gasteiger partial charge in [0.2, 0.25) is 34.8 Å². The molecule has 0 spiro atoms. The monoisotopic (exact) mass is 664 g/mol. The second-order valence-electron chi connectivity index (χ2n) is 10.8. The van der Waals surface area contributed by atoms with Crippen LogP contribution in [0.15, 0.2) is 31.0 Å². The van der Waals surface area contributed by atoms with Crippen LogP contribution >= 0.6 is 34.8 Å². The maximum atomic E-state index is 14.5. The van der Waals surface area contributed by atoms with E-state index < -0.39 is 69.5 Å². The zero-order valence-electron chi connectivity index (χ0n) is 22.9. The van der Waals surface area contributed by atoms with Crippen LogP contribution < -0.4 is 10.1 Å². The van der Waals surface area contributed by atoms with Crippen LogP contribution in [0, 0.1) is 29.1 Å². The van der Waals surface area contributed by atoms with Gasteiger partial charge in [0.05, 0.1) is 26.8 Å². The average Bonchev–Trinajstić information content (AvgIpc) is 3.31. The highest BCUT2D eigenvalue weighted by Crippen LogP contribution is 2.47. The van der Waals surface area contributed by atoms with Crippen molar-refractivity contribution in [2.75, 3.05) is 0 Å². The summed E-state index contributed by atoms with van der Waals surface area (Å²) in [6, 6.07) is 1.57. The second kappa shape index (κ2) is 12.1. The molecule has 0 amide bonds. The van der Waals surface area contributed by atoms with E-state index in [0.29, 0.717) is 19.3 Å². The Kier molecular flexibility index (Phi) is 9.23. The van der Waals surface area contributed by atoms with Gasteiger partial charge in [-0.15, -0.1) is 6.58 Å². The lowest BCUT2D eigenvalue weighted by molar-refractivity contribution is -0.157. The van der Waals surface area contributed by atoms with Gasteiger partial charge in [-0.1, -0.05) is 40.9 Å². The van der Waals surface area contributed by atoms with Crippen molar-refractivity contribution in [3.63, 3.8) is 0 Å². The summed E-state index contributed by atoms with van der Waals surface area (Å²) in [7, 11) is 0. The highest BCUT2D eigenvalue weighted by Gasteiger charge is 2.46. The van der Waals surface area contributed by atoms with Crippen molar-refractivity contribution in [1.29, 1.82) is 0 Å². The Bertz CT molecular complexity index is 1580. The molecule has 1 saturated carbocycles. The predicted molar refractivity (Wildman–Crippen MR) is 151 cm³/mol. The van der Waals surface area contributed by atoms with Gasteiger partial charge in [0.1, 0.15) is 11.6 Å². The second-order valence-corrected chi connectivity index (χ2v) is 12.1. The molecule has 0 bridgehead atoms. The zero-order chi connectivity index (χ0) is 32.0. The van der Waals surface area contributed by atoms with Crippen LogP contribution in [-0.2, 0) is 15.1 Å². The fraction of sp³-hybridized carbons (Fsp3) is 0.310. The molecule has 43 heavy (non-hydrogen) atoms. The Labute approximate surface area is 258 Å². The number of carbonyl (C=O) groups excluding carboxylic acids is 2. The van der Waals surface area contributed by atoms with Crippen LogP contribution in [0.3, 0.4) is 0 Å². The Morgan fingerprint density at radius 1 is 1.00 bits per heavy atom. The van der Waals surface area contributed by atoms with Crippen LogP contribution in [-0.4, -0.2) is 28.6 Å². The van der Waals surface area contributed by atoms with E-state index in [2.05, 4.69) is 16.9 Å². The smallest absolute Gasteiger partial charge is 0.346 e. The van der Waals surface area contributed by atoms with Crippen molar-refractivity contribution in [1.82, 2.24) is 10.3 Å². The third-order valence-corrected chi connectivity index (χ3v) is 7.55. The van der Waals surface area contributed by atoms with E-state index in [1.807, 2.05) is 0 Å². The summed E-state index contributed by atoms with van der Waals surface area (Å²) in [5, 5.41) is 3.23. The van der Waals surface area contributed by atoms with Crippen LogP contribution in [0.25, 0.3) is 11.1 Å². The maximum Gasteiger partial charge on any atom is 0.346 e. The van der Waals surface area contributed by atoms with Gasteiger partial charge in [0.25, 0.3) is 0 Å². The molecule has 14 heteroatoms. The first-order valence-electron chi connectivity index (χ1n) is 12.7. The van der Waals surface area contributed by atoms with Crippen LogP contribution in [0.4, 0.5) is 22.0 Å². The molecule has 230 valence electrons. The number of hydrogen-bond donors (Lipinski definition) is 2. The van der Waals surface area contributed by atoms with Gasteiger partial charge in [-0.25, -0.2) is 22.8 Å². The lowest BCUT2D eigenvalue weighted by atomic mass is 9.72. The molecular formula is C29H24Cl3F5N2O4. The molecular weight excluding hydrogens is 642 g/mol. The van der Waals surface area contributed by atoms with E-state index in [1.165, 1.54) is 24.4 Å². The van der Waals surface area contributed by atoms with E-state index >= 15 is 0 Å². The number of benzene rings is 2. The number of halogens is 8. The van der Waals surface area contributed by atoms with Gasteiger partial charge in [-0.05, 0) is 52.2 Å². The zero-order valence-corrected chi connectivity index (χ0v) is 25.1. The predicted octanol–water partition coefficient (Wildman–Crippen LogP) is 8.42. The van der Waals surface area contributed by atoms with Crippen LogP contribution in [0.5, 0.6) is 5.75 Å². The highest BCUT2D eigenvalue weighted by atomic mass is 35.5. The summed E-state index contributed by atoms with van der Waals surface area (Å²) in [4.78, 5) is 29.5. The van der Waals surface area contributed by atoms with Crippen LogP contribution in [0.1, 0.15) is 56.1 Å². The Hall–Kier alpha value is -3.12. The normalized spacial score (nSPS) is 15.0. The van der Waals surface area contributed by atoms with Crippen molar-refractivity contribution in [3.05, 3.63) is 86.4 Å². The topological polar surface area (TPSA) is 80.4 Å². The summed E-state index contributed by atoms with van der Waals surface area (Å²) in [6.45, 7) is 8.72. The quantitative estimate of drug-likeness (QED) is 0.0631. The molecule has 0 aliphatic heterocycles. The van der Waals surface area contributed by atoms with E-state index in [0.717, 1.165) is 0 Å². The number of ether oxygens (including phenoxy) is 2. The maximum absolute atomic E-state index is 14.5. The minimum absolute atomic E-state index is 0.0262. The molecule has 1 unspecified atom stereocenters. The van der Waals surface area contributed by atoms with Gasteiger partial charge in [0.15, 0.2) is 0 Å². The number of H-pyrrole nitrogens is 1. The average molecular weight is 666 g/mol. The first kappa shape index (κ1) is 32.8. The Morgan fingerprint density at radius 2 is 1.53 bits per heavy atom. The Balaban J connectivity index is 1.89. The number of carbonyl (C=O) groups is 2. The first-order chi connectivity index (χ1) is 20.0. The van der Waals surface area contributed by atoms with Gasteiger partial charge in [0, 0.05) is 22.3 Å². The van der Waals surface area contributed by atoms with Crippen molar-refractivity contribution >= 4 is 46.7 Å². The Morgan fingerprint density at radius 3 is 2.00 bits per heavy atom. The number of hydrogen-bond acceptors (Lipinski definition) is 5. The third kappa shape index (κ3) is 6.26. The van der Waals surface area contributed by atoms with E-state index in [9.17, 15) is 31.5 Å². The van der Waals surface area contributed by atoms with Crippen molar-refractivity contribution in [2.45, 2.75) is 57.2 Å². The van der Waals surface area contributed by atoms with Crippen molar-refractivity contribution in [3.8, 4) is 16.9 Å². The number of aromatic amines is 1. The fourth-order valence-corrected chi connectivity index (χ4v) is 5.72. The SMILES string of the molecule is C=CC(NC1(c2[nH]cc(-c3c(Cl)cc(Cl)cc3Cl)c2C(=O)Oc2c(F)c(F)c(F)c(F)c2F)CCC1)C(=O)OC(C)(C)C. The van der Waals surface area contributed by atoms with E-state index in [1.54, 1.807) is 20.8 Å². The molecule has 1 aliphatic rings. The molecule has 2 N–H and O–H groups in total. The first-order valence-corrected chi connectivity index (χ1v) is 13.9. The highest BCUT2D eigenvalue weighted by molar-refractivity contribution is 6.42. The minimum atomic E-state index is -2.42. The molecule has 3 aromatic rings. The molecule has 1 aliphatic carbocycles. The number of nitrogens with one attached hydrogen (secondary N) is 2. The lowest BCUT2D eigenvalue weighted by Gasteiger charge is -2.44.